The van der Waals surface area contributed by atoms with Crippen molar-refractivity contribution in [3.05, 3.63) is 57.8 Å². The van der Waals surface area contributed by atoms with Gasteiger partial charge >= 0.3 is 0 Å². The third-order valence-corrected chi connectivity index (χ3v) is 4.05. The van der Waals surface area contributed by atoms with E-state index in [-0.39, 0.29) is 5.82 Å². The second-order valence-electron chi connectivity index (χ2n) is 5.42. The minimum absolute atomic E-state index is 0.248. The van der Waals surface area contributed by atoms with Crippen LogP contribution in [0, 0.1) is 12.7 Å². The molecule has 1 fully saturated rings. The van der Waals surface area contributed by atoms with E-state index in [1.165, 1.54) is 18.9 Å². The van der Waals surface area contributed by atoms with E-state index in [9.17, 15) is 4.39 Å². The molecule has 2 aromatic carbocycles. The summed E-state index contributed by atoms with van der Waals surface area (Å²) < 4.78 is 20.5. The van der Waals surface area contributed by atoms with Gasteiger partial charge in [0.2, 0.25) is 0 Å². The summed E-state index contributed by atoms with van der Waals surface area (Å²) in [7, 11) is 0. The second kappa shape index (κ2) is 6.16. The van der Waals surface area contributed by atoms with Crippen LogP contribution >= 0.6 is 15.9 Å². The lowest BCUT2D eigenvalue weighted by Gasteiger charge is -2.13. The van der Waals surface area contributed by atoms with Crippen LogP contribution in [-0.4, -0.2) is 6.04 Å². The van der Waals surface area contributed by atoms with Gasteiger partial charge in [-0.25, -0.2) is 4.39 Å². The van der Waals surface area contributed by atoms with E-state index in [0.29, 0.717) is 17.4 Å². The van der Waals surface area contributed by atoms with E-state index in [1.807, 2.05) is 18.2 Å². The Balaban J connectivity index is 1.80. The molecule has 0 aromatic heterocycles. The summed E-state index contributed by atoms with van der Waals surface area (Å²) in [6.07, 6.45) is 2.49. The van der Waals surface area contributed by atoms with Crippen molar-refractivity contribution in [2.45, 2.75) is 32.4 Å². The topological polar surface area (TPSA) is 21.3 Å². The van der Waals surface area contributed by atoms with Gasteiger partial charge < -0.3 is 10.1 Å². The first-order valence-corrected chi connectivity index (χ1v) is 7.87. The number of nitrogens with one attached hydrogen (secondary N) is 1. The van der Waals surface area contributed by atoms with Gasteiger partial charge in [0.1, 0.15) is 17.3 Å². The minimum atomic E-state index is -0.248. The highest BCUT2D eigenvalue weighted by Gasteiger charge is 2.20. The smallest absolute Gasteiger partial charge is 0.131 e. The molecule has 2 aromatic rings. The maximum Gasteiger partial charge on any atom is 0.131 e. The molecule has 3 rings (SSSR count). The van der Waals surface area contributed by atoms with E-state index in [0.717, 1.165) is 22.3 Å². The second-order valence-corrected chi connectivity index (χ2v) is 6.34. The number of benzene rings is 2. The summed E-state index contributed by atoms with van der Waals surface area (Å²) in [5.74, 6) is 1.03. The number of rotatable bonds is 5. The normalized spacial score (nSPS) is 14.2. The molecule has 0 bridgehead atoms. The molecule has 0 atom stereocenters. The maximum absolute atomic E-state index is 13.6. The van der Waals surface area contributed by atoms with Gasteiger partial charge in [0, 0.05) is 28.7 Å². The van der Waals surface area contributed by atoms with Crippen molar-refractivity contribution in [1.82, 2.24) is 5.32 Å². The molecule has 1 saturated carbocycles. The lowest BCUT2D eigenvalue weighted by Crippen LogP contribution is -2.15. The van der Waals surface area contributed by atoms with Crippen molar-refractivity contribution in [2.24, 2.45) is 0 Å². The number of hydrogen-bond donors (Lipinski definition) is 1. The lowest BCUT2D eigenvalue weighted by molar-refractivity contribution is 0.466. The van der Waals surface area contributed by atoms with Crippen LogP contribution in [0.15, 0.2) is 40.9 Å². The Morgan fingerprint density at radius 3 is 2.76 bits per heavy atom. The third kappa shape index (κ3) is 3.83. The van der Waals surface area contributed by atoms with Crippen LogP contribution in [0.4, 0.5) is 4.39 Å². The monoisotopic (exact) mass is 349 g/mol. The SMILES string of the molecule is Cc1ccc(Oc2ccc(Br)cc2CNC2CC2)cc1F. The Hall–Kier alpha value is -1.39. The fraction of sp³-hybridized carbons (Fsp3) is 0.294. The molecule has 0 saturated heterocycles. The van der Waals surface area contributed by atoms with Crippen molar-refractivity contribution in [3.8, 4) is 11.5 Å². The van der Waals surface area contributed by atoms with Crippen LogP contribution in [0.1, 0.15) is 24.0 Å². The van der Waals surface area contributed by atoms with Crippen LogP contribution in [0.2, 0.25) is 0 Å². The molecule has 0 spiro atoms. The van der Waals surface area contributed by atoms with Gasteiger partial charge in [-0.15, -0.1) is 0 Å². The quantitative estimate of drug-likeness (QED) is 0.825. The first kappa shape index (κ1) is 14.5. The Labute approximate surface area is 132 Å². The fourth-order valence-corrected chi connectivity index (χ4v) is 2.50. The molecule has 1 aliphatic rings. The Morgan fingerprint density at radius 2 is 2.05 bits per heavy atom. The largest absolute Gasteiger partial charge is 0.457 e. The third-order valence-electron chi connectivity index (χ3n) is 3.55. The van der Waals surface area contributed by atoms with Gasteiger partial charge in [-0.05, 0) is 49.6 Å². The van der Waals surface area contributed by atoms with Crippen LogP contribution < -0.4 is 10.1 Å². The van der Waals surface area contributed by atoms with Crippen LogP contribution in [0.3, 0.4) is 0 Å². The summed E-state index contributed by atoms with van der Waals surface area (Å²) in [4.78, 5) is 0. The molecule has 0 amide bonds. The van der Waals surface area contributed by atoms with E-state index in [4.69, 9.17) is 4.74 Å². The van der Waals surface area contributed by atoms with Gasteiger partial charge in [0.05, 0.1) is 0 Å². The molecule has 0 heterocycles. The van der Waals surface area contributed by atoms with E-state index < -0.39 is 0 Å². The molecular weight excluding hydrogens is 333 g/mol. The standard InChI is InChI=1S/C17H17BrFNO/c1-11-2-6-15(9-16(11)19)21-17-7-3-13(18)8-12(17)10-20-14-4-5-14/h2-3,6-9,14,20H,4-5,10H2,1H3. The highest BCUT2D eigenvalue weighted by atomic mass is 79.9. The van der Waals surface area contributed by atoms with Gasteiger partial charge in [-0.3, -0.25) is 0 Å². The first-order chi connectivity index (χ1) is 10.1. The fourth-order valence-electron chi connectivity index (χ4n) is 2.09. The van der Waals surface area contributed by atoms with E-state index in [2.05, 4.69) is 21.2 Å². The van der Waals surface area contributed by atoms with Gasteiger partial charge in [0.15, 0.2) is 0 Å². The Morgan fingerprint density at radius 1 is 1.24 bits per heavy atom. The zero-order chi connectivity index (χ0) is 14.8. The molecule has 2 nitrogen and oxygen atoms in total. The van der Waals surface area contributed by atoms with Gasteiger partial charge in [0.25, 0.3) is 0 Å². The minimum Gasteiger partial charge on any atom is -0.457 e. The Kier molecular flexibility index (Phi) is 4.27. The van der Waals surface area contributed by atoms with Crippen LogP contribution in [-0.2, 0) is 6.54 Å². The van der Waals surface area contributed by atoms with E-state index >= 15 is 0 Å². The number of ether oxygens (including phenoxy) is 1. The van der Waals surface area contributed by atoms with Crippen molar-refractivity contribution in [3.63, 3.8) is 0 Å². The molecule has 0 unspecified atom stereocenters. The molecule has 1 aliphatic carbocycles. The highest BCUT2D eigenvalue weighted by Crippen LogP contribution is 2.30. The average Bonchev–Trinajstić information content (AvgIpc) is 3.27. The van der Waals surface area contributed by atoms with Crippen molar-refractivity contribution in [1.29, 1.82) is 0 Å². The molecule has 4 heteroatoms. The molecule has 21 heavy (non-hydrogen) atoms. The van der Waals surface area contributed by atoms with Gasteiger partial charge in [-0.2, -0.15) is 0 Å². The van der Waals surface area contributed by atoms with Crippen molar-refractivity contribution < 1.29 is 9.13 Å². The van der Waals surface area contributed by atoms with Crippen molar-refractivity contribution in [2.75, 3.05) is 0 Å². The van der Waals surface area contributed by atoms with E-state index in [1.54, 1.807) is 19.1 Å². The van der Waals surface area contributed by atoms with Gasteiger partial charge in [-0.1, -0.05) is 22.0 Å². The predicted molar refractivity (Wildman–Crippen MR) is 85.2 cm³/mol. The zero-order valence-electron chi connectivity index (χ0n) is 11.8. The maximum atomic E-state index is 13.6. The number of hydrogen-bond acceptors (Lipinski definition) is 2. The highest BCUT2D eigenvalue weighted by molar-refractivity contribution is 9.10. The average molecular weight is 350 g/mol. The summed E-state index contributed by atoms with van der Waals surface area (Å²) >= 11 is 3.48. The van der Waals surface area contributed by atoms with Crippen molar-refractivity contribution >= 4 is 15.9 Å². The summed E-state index contributed by atoms with van der Waals surface area (Å²) in [5, 5.41) is 3.47. The van der Waals surface area contributed by atoms with Crippen LogP contribution in [0.25, 0.3) is 0 Å². The molecular formula is C17H17BrFNO. The predicted octanol–water partition coefficient (Wildman–Crippen LogP) is 4.94. The molecule has 0 aliphatic heterocycles. The Bertz CT molecular complexity index is 655. The molecule has 1 N–H and O–H groups in total. The first-order valence-electron chi connectivity index (χ1n) is 7.07. The summed E-state index contributed by atoms with van der Waals surface area (Å²) in [6.45, 7) is 2.50. The molecule has 0 radical (unpaired) electrons. The van der Waals surface area contributed by atoms with Crippen LogP contribution in [0.5, 0.6) is 11.5 Å². The number of halogens is 2. The number of aryl methyl sites for hydroxylation is 1. The zero-order valence-corrected chi connectivity index (χ0v) is 13.4. The summed E-state index contributed by atoms with van der Waals surface area (Å²) in [5.41, 5.74) is 1.69. The molecule has 110 valence electrons. The summed E-state index contributed by atoms with van der Waals surface area (Å²) in [6, 6.07) is 11.5. The lowest BCUT2D eigenvalue weighted by atomic mass is 10.2.